The molecule has 1 aliphatic carbocycles. The van der Waals surface area contributed by atoms with Gasteiger partial charge in [0, 0.05) is 0 Å². The van der Waals surface area contributed by atoms with E-state index in [9.17, 15) is 81.7 Å². The minimum atomic E-state index is -1.99. The second-order valence-electron chi connectivity index (χ2n) is 14.2. The van der Waals surface area contributed by atoms with Crippen LogP contribution in [0.4, 0.5) is 0 Å². The van der Waals surface area contributed by atoms with Gasteiger partial charge in [-0.1, -0.05) is 6.08 Å². The summed E-state index contributed by atoms with van der Waals surface area (Å²) in [5, 5.41) is 169. The second-order valence-corrected chi connectivity index (χ2v) is 14.2. The molecule has 24 atom stereocenters. The molecule has 5 rings (SSSR count). The Balaban J connectivity index is 1.23. The van der Waals surface area contributed by atoms with E-state index >= 15 is 0 Å². The van der Waals surface area contributed by atoms with Crippen molar-refractivity contribution in [3.63, 3.8) is 0 Å². The first kappa shape index (κ1) is 44.9. The average Bonchev–Trinajstić information content (AvgIpc) is 3.17. The molecule has 320 valence electrons. The van der Waals surface area contributed by atoms with Crippen LogP contribution in [0.15, 0.2) is 11.6 Å². The van der Waals surface area contributed by atoms with Gasteiger partial charge in [-0.15, -0.1) is 0 Å². The zero-order chi connectivity index (χ0) is 40.6. The van der Waals surface area contributed by atoms with E-state index in [4.69, 9.17) is 33.2 Å². The number of rotatable bonds is 12. The van der Waals surface area contributed by atoms with Crippen LogP contribution in [0.3, 0.4) is 0 Å². The lowest BCUT2D eigenvalue weighted by Crippen LogP contribution is -2.68. The van der Waals surface area contributed by atoms with Crippen molar-refractivity contribution >= 4 is 0 Å². The highest BCUT2D eigenvalue weighted by atomic mass is 16.8. The van der Waals surface area contributed by atoms with Crippen LogP contribution in [0, 0.1) is 0 Å². The van der Waals surface area contributed by atoms with Gasteiger partial charge in [-0.2, -0.15) is 0 Å². The van der Waals surface area contributed by atoms with Crippen molar-refractivity contribution in [1.82, 2.24) is 5.32 Å². The Bertz CT molecular complexity index is 1250. The Hall–Kier alpha value is -1.22. The fraction of sp³-hybridized carbons (Fsp3) is 0.935. The van der Waals surface area contributed by atoms with Gasteiger partial charge in [-0.3, -0.25) is 0 Å². The lowest BCUT2D eigenvalue weighted by atomic mass is 9.86. The van der Waals surface area contributed by atoms with Crippen LogP contribution < -0.4 is 5.32 Å². The van der Waals surface area contributed by atoms with Crippen molar-refractivity contribution < 1.29 is 115 Å². The summed E-state index contributed by atoms with van der Waals surface area (Å²) in [6.07, 6.45) is -36.3. The molecule has 0 radical (unpaired) electrons. The normalized spacial score (nSPS) is 52.5. The fourth-order valence-corrected chi connectivity index (χ4v) is 7.29. The van der Waals surface area contributed by atoms with E-state index in [-0.39, 0.29) is 5.57 Å². The third-order valence-corrected chi connectivity index (χ3v) is 10.6. The Labute approximate surface area is 312 Å². The Morgan fingerprint density at radius 1 is 0.509 bits per heavy atom. The highest BCUT2D eigenvalue weighted by Gasteiger charge is 2.54. The number of hydrogen-bond acceptors (Lipinski definition) is 24. The molecule has 0 aromatic carbocycles. The van der Waals surface area contributed by atoms with Gasteiger partial charge >= 0.3 is 0 Å². The molecule has 55 heavy (non-hydrogen) atoms. The van der Waals surface area contributed by atoms with Crippen molar-refractivity contribution in [2.75, 3.05) is 26.4 Å². The molecular weight excluding hydrogens is 754 g/mol. The van der Waals surface area contributed by atoms with Gasteiger partial charge in [0.1, 0.15) is 104 Å². The zero-order valence-electron chi connectivity index (χ0n) is 29.3. The number of ether oxygens (including phenoxy) is 7. The van der Waals surface area contributed by atoms with Crippen molar-refractivity contribution in [3.05, 3.63) is 11.6 Å². The molecule has 4 fully saturated rings. The smallest absolute Gasteiger partial charge is 0.187 e. The molecular formula is C31H53NO23. The highest BCUT2D eigenvalue weighted by molar-refractivity contribution is 5.23. The van der Waals surface area contributed by atoms with E-state index in [1.165, 1.54) is 13.0 Å². The SMILES string of the molecule is CC1O[C@@H](O[C@@H]2C(CO)O[C@@H](O[C@@H]3C(CO)O[C@@H](O)C(O)[C@H]3O)C(O)[C@H]2O)C(O)[C@@H](O)[C@@H]1N[C@@H]1C=C(CO)[C@H](O[C@@H]2OC(CO)[C@@H](O)[C@H](O)C2O)[C@H](O)C1O. The van der Waals surface area contributed by atoms with Gasteiger partial charge in [0.15, 0.2) is 25.2 Å². The van der Waals surface area contributed by atoms with Gasteiger partial charge in [0.25, 0.3) is 0 Å². The predicted molar refractivity (Wildman–Crippen MR) is 170 cm³/mol. The first-order valence-corrected chi connectivity index (χ1v) is 17.6. The lowest BCUT2D eigenvalue weighted by molar-refractivity contribution is -0.373. The quantitative estimate of drug-likeness (QED) is 0.0814. The Morgan fingerprint density at radius 3 is 1.58 bits per heavy atom. The Kier molecular flexibility index (Phi) is 15.3. The fourth-order valence-electron chi connectivity index (χ4n) is 7.29. The summed E-state index contributed by atoms with van der Waals surface area (Å²) in [6, 6.07) is -2.47. The van der Waals surface area contributed by atoms with E-state index in [0.29, 0.717) is 0 Å². The molecule has 0 spiro atoms. The van der Waals surface area contributed by atoms with Crippen LogP contribution in [0.1, 0.15) is 6.92 Å². The van der Waals surface area contributed by atoms with Crippen LogP contribution in [0.2, 0.25) is 0 Å². The minimum absolute atomic E-state index is 0.0544. The molecule has 0 aromatic heterocycles. The van der Waals surface area contributed by atoms with Crippen molar-refractivity contribution in [1.29, 1.82) is 0 Å². The third kappa shape index (κ3) is 9.03. The van der Waals surface area contributed by atoms with Crippen LogP contribution in [0.5, 0.6) is 0 Å². The molecule has 4 aliphatic heterocycles. The molecule has 24 heteroatoms. The number of aliphatic hydroxyl groups excluding tert-OH is 16. The van der Waals surface area contributed by atoms with E-state index in [2.05, 4.69) is 5.32 Å². The van der Waals surface area contributed by atoms with Gasteiger partial charge in [0.05, 0.1) is 44.6 Å². The summed E-state index contributed by atoms with van der Waals surface area (Å²) in [5.74, 6) is 0. The second kappa shape index (κ2) is 18.8. The molecule has 5 aliphatic rings. The average molecular weight is 808 g/mol. The zero-order valence-corrected chi connectivity index (χ0v) is 29.3. The van der Waals surface area contributed by atoms with Crippen LogP contribution >= 0.6 is 0 Å². The first-order valence-electron chi connectivity index (χ1n) is 17.6. The third-order valence-electron chi connectivity index (χ3n) is 10.6. The van der Waals surface area contributed by atoms with Gasteiger partial charge in [-0.05, 0) is 12.5 Å². The molecule has 0 bridgehead atoms. The summed E-state index contributed by atoms with van der Waals surface area (Å²) in [6.45, 7) is -1.79. The maximum atomic E-state index is 11.2. The summed E-state index contributed by atoms with van der Waals surface area (Å²) in [7, 11) is 0. The van der Waals surface area contributed by atoms with Gasteiger partial charge in [0.2, 0.25) is 0 Å². The van der Waals surface area contributed by atoms with Crippen molar-refractivity contribution in [2.24, 2.45) is 0 Å². The van der Waals surface area contributed by atoms with Crippen LogP contribution in [-0.4, -0.2) is 255 Å². The maximum absolute atomic E-state index is 11.2. The van der Waals surface area contributed by atoms with E-state index in [1.54, 1.807) is 0 Å². The van der Waals surface area contributed by atoms with Gasteiger partial charge < -0.3 is 120 Å². The maximum Gasteiger partial charge on any atom is 0.187 e. The summed E-state index contributed by atoms with van der Waals surface area (Å²) in [5.41, 5.74) is -0.0544. The molecule has 4 saturated heterocycles. The predicted octanol–water partition coefficient (Wildman–Crippen LogP) is -10.7. The lowest BCUT2D eigenvalue weighted by Gasteiger charge is -2.49. The standard InChI is InChI=1S/C31H53NO23/c1-7-13(32-9-2-8(3-33)25(18(41)14(9)37)53-30-23(46)17(40)15(38)10(4-34)51-30)16(39)22(45)29(49-7)54-27-12(6-36)52-31(24(47)20(27)43)55-26-11(5-35)50-28(48)21(44)19(26)42/h2,7,9-48H,3-6H2,1H3/t7?,9-,10?,11?,12?,13-,14?,15-,16+,17+,18-,19-,20-,21?,22?,23?,24?,25+,26-,27-,28-,29+,30+,31+/m1/s1. The molecule has 9 unspecified atom stereocenters. The van der Waals surface area contributed by atoms with E-state index in [0.717, 1.165) is 0 Å². The highest BCUT2D eigenvalue weighted by Crippen LogP contribution is 2.34. The van der Waals surface area contributed by atoms with Crippen molar-refractivity contribution in [3.8, 4) is 0 Å². The molecule has 4 heterocycles. The van der Waals surface area contributed by atoms with Crippen LogP contribution in [0.25, 0.3) is 0 Å². The topological polar surface area (TPSA) is 400 Å². The summed E-state index contributed by atoms with van der Waals surface area (Å²) < 4.78 is 38.5. The summed E-state index contributed by atoms with van der Waals surface area (Å²) in [4.78, 5) is 0. The molecule has 24 nitrogen and oxygen atoms in total. The number of aliphatic hydroxyl groups is 16. The minimum Gasteiger partial charge on any atom is -0.394 e. The Morgan fingerprint density at radius 2 is 1.00 bits per heavy atom. The molecule has 17 N–H and O–H groups in total. The molecule has 0 aromatic rings. The van der Waals surface area contributed by atoms with Crippen LogP contribution in [-0.2, 0) is 33.2 Å². The monoisotopic (exact) mass is 807 g/mol. The largest absolute Gasteiger partial charge is 0.394 e. The van der Waals surface area contributed by atoms with Crippen molar-refractivity contribution in [2.45, 2.75) is 154 Å². The molecule has 0 amide bonds. The molecule has 0 saturated carbocycles. The summed E-state index contributed by atoms with van der Waals surface area (Å²) >= 11 is 0. The van der Waals surface area contributed by atoms with E-state index in [1.807, 2.05) is 0 Å². The number of hydrogen-bond donors (Lipinski definition) is 17. The first-order chi connectivity index (χ1) is 26.0. The van der Waals surface area contributed by atoms with E-state index < -0.39 is 174 Å². The van der Waals surface area contributed by atoms with Gasteiger partial charge in [-0.25, -0.2) is 0 Å². The number of nitrogens with one attached hydrogen (secondary N) is 1.